The van der Waals surface area contributed by atoms with Gasteiger partial charge in [-0.3, -0.25) is 4.98 Å². The third-order valence-corrected chi connectivity index (χ3v) is 6.58. The second kappa shape index (κ2) is 8.75. The van der Waals surface area contributed by atoms with E-state index in [-0.39, 0.29) is 12.1 Å². The van der Waals surface area contributed by atoms with Gasteiger partial charge in [0.15, 0.2) is 5.11 Å². The summed E-state index contributed by atoms with van der Waals surface area (Å²) in [5.74, 6) is 1.70. The number of benzene rings is 1. The van der Waals surface area contributed by atoms with Gasteiger partial charge in [-0.1, -0.05) is 18.2 Å². The van der Waals surface area contributed by atoms with Crippen molar-refractivity contribution in [3.63, 3.8) is 0 Å². The molecule has 4 aromatic rings. The average molecular weight is 459 g/mol. The molecule has 0 spiro atoms. The average Bonchev–Trinajstić information content (AvgIpc) is 3.54. The van der Waals surface area contributed by atoms with Crippen molar-refractivity contribution in [1.82, 2.24) is 14.9 Å². The van der Waals surface area contributed by atoms with E-state index in [0.29, 0.717) is 11.7 Å². The van der Waals surface area contributed by atoms with E-state index < -0.39 is 0 Å². The number of pyridine rings is 1. The highest BCUT2D eigenvalue weighted by Gasteiger charge is 2.43. The van der Waals surface area contributed by atoms with Crippen molar-refractivity contribution in [2.45, 2.75) is 32.5 Å². The Morgan fingerprint density at radius 3 is 2.64 bits per heavy atom. The van der Waals surface area contributed by atoms with Crippen LogP contribution in [-0.2, 0) is 6.54 Å². The quantitative estimate of drug-likeness (QED) is 0.394. The van der Waals surface area contributed by atoms with Crippen molar-refractivity contribution < 1.29 is 9.15 Å². The zero-order valence-electron chi connectivity index (χ0n) is 18.9. The van der Waals surface area contributed by atoms with E-state index in [1.54, 1.807) is 13.4 Å². The predicted octanol–water partition coefficient (Wildman–Crippen LogP) is 5.33. The molecule has 1 N–H and O–H groups in total. The number of nitrogens with zero attached hydrogens (tertiary/aromatic N) is 3. The number of aromatic nitrogens is 2. The number of furan rings is 1. The summed E-state index contributed by atoms with van der Waals surface area (Å²) in [4.78, 5) is 6.82. The summed E-state index contributed by atoms with van der Waals surface area (Å²) >= 11 is 5.87. The standard InChI is InChI=1S/C26H26N4O2S/c1-17-15-20(18(2)29(17)16-19-9-8-14-32-19)25-24(21-10-6-7-13-27-21)28-26(33)30(25)22-11-4-5-12-23(22)31-3/h4-15,24-25H,16H2,1-3H3,(H,28,33)/t24-,25-/m1/s1. The van der Waals surface area contributed by atoms with Gasteiger partial charge in [-0.05, 0) is 74.1 Å². The molecule has 1 saturated heterocycles. The molecule has 168 valence electrons. The highest BCUT2D eigenvalue weighted by atomic mass is 32.1. The van der Waals surface area contributed by atoms with Crippen molar-refractivity contribution in [3.8, 4) is 5.75 Å². The Labute approximate surface area is 198 Å². The van der Waals surface area contributed by atoms with Crippen LogP contribution < -0.4 is 15.0 Å². The minimum absolute atomic E-state index is 0.0970. The SMILES string of the molecule is COc1ccccc1N1C(=S)N[C@H](c2ccccn2)[C@H]1c1cc(C)n(Cc2ccco2)c1C. The second-order valence-corrected chi connectivity index (χ2v) is 8.55. The molecule has 0 saturated carbocycles. The van der Waals surface area contributed by atoms with E-state index >= 15 is 0 Å². The highest BCUT2D eigenvalue weighted by Crippen LogP contribution is 2.45. The summed E-state index contributed by atoms with van der Waals surface area (Å²) in [6, 6.07) is 19.9. The lowest BCUT2D eigenvalue weighted by Crippen LogP contribution is -2.30. The first kappa shape index (κ1) is 21.3. The van der Waals surface area contributed by atoms with Crippen LogP contribution in [0.15, 0.2) is 77.5 Å². The lowest BCUT2D eigenvalue weighted by atomic mass is 9.96. The fourth-order valence-electron chi connectivity index (χ4n) is 4.69. The van der Waals surface area contributed by atoms with Crippen LogP contribution in [0.1, 0.15) is 40.5 Å². The predicted molar refractivity (Wildman–Crippen MR) is 133 cm³/mol. The van der Waals surface area contributed by atoms with Crippen molar-refractivity contribution in [2.75, 3.05) is 12.0 Å². The molecule has 2 atom stereocenters. The molecule has 0 amide bonds. The molecule has 1 aliphatic rings. The molecule has 33 heavy (non-hydrogen) atoms. The zero-order chi connectivity index (χ0) is 22.9. The molecule has 1 aromatic carbocycles. The molecular formula is C26H26N4O2S. The summed E-state index contributed by atoms with van der Waals surface area (Å²) in [5.41, 5.74) is 5.39. The van der Waals surface area contributed by atoms with Gasteiger partial charge in [0, 0.05) is 17.6 Å². The maximum atomic E-state index is 5.87. The summed E-state index contributed by atoms with van der Waals surface area (Å²) in [6.45, 7) is 4.96. The minimum Gasteiger partial charge on any atom is -0.495 e. The van der Waals surface area contributed by atoms with E-state index in [9.17, 15) is 0 Å². The number of hydrogen-bond donors (Lipinski definition) is 1. The number of hydrogen-bond acceptors (Lipinski definition) is 4. The number of ether oxygens (including phenoxy) is 1. The van der Waals surface area contributed by atoms with Gasteiger partial charge in [-0.2, -0.15) is 0 Å². The normalized spacial score (nSPS) is 17.9. The number of aryl methyl sites for hydroxylation is 1. The van der Waals surface area contributed by atoms with Crippen LogP contribution in [0.5, 0.6) is 5.75 Å². The Kier molecular flexibility index (Phi) is 5.64. The van der Waals surface area contributed by atoms with Crippen LogP contribution in [0.4, 0.5) is 5.69 Å². The van der Waals surface area contributed by atoms with E-state index in [0.717, 1.165) is 28.6 Å². The Morgan fingerprint density at radius 1 is 1.09 bits per heavy atom. The van der Waals surface area contributed by atoms with Crippen molar-refractivity contribution >= 4 is 23.0 Å². The van der Waals surface area contributed by atoms with E-state index in [1.165, 1.54) is 11.3 Å². The van der Waals surface area contributed by atoms with Gasteiger partial charge < -0.3 is 23.9 Å². The number of anilines is 1. The summed E-state index contributed by atoms with van der Waals surface area (Å²) in [5, 5.41) is 4.18. The largest absolute Gasteiger partial charge is 0.495 e. The molecule has 3 aromatic heterocycles. The Balaban J connectivity index is 1.65. The summed E-state index contributed by atoms with van der Waals surface area (Å²) < 4.78 is 13.6. The molecule has 1 fully saturated rings. The summed E-state index contributed by atoms with van der Waals surface area (Å²) in [6.07, 6.45) is 3.54. The number of nitrogens with one attached hydrogen (secondary N) is 1. The van der Waals surface area contributed by atoms with Crippen molar-refractivity contribution in [3.05, 3.63) is 102 Å². The van der Waals surface area contributed by atoms with Crippen LogP contribution in [0.2, 0.25) is 0 Å². The highest BCUT2D eigenvalue weighted by molar-refractivity contribution is 7.80. The molecule has 4 heterocycles. The first-order valence-corrected chi connectivity index (χ1v) is 11.3. The fourth-order valence-corrected chi connectivity index (χ4v) is 5.03. The van der Waals surface area contributed by atoms with Crippen LogP contribution in [-0.4, -0.2) is 21.8 Å². The molecule has 0 bridgehead atoms. The van der Waals surface area contributed by atoms with Gasteiger partial charge in [-0.15, -0.1) is 0 Å². The first-order chi connectivity index (χ1) is 16.1. The minimum atomic E-state index is -0.110. The lowest BCUT2D eigenvalue weighted by molar-refractivity contribution is 0.414. The van der Waals surface area contributed by atoms with E-state index in [2.05, 4.69) is 39.7 Å². The van der Waals surface area contributed by atoms with Crippen LogP contribution in [0.3, 0.4) is 0 Å². The van der Waals surface area contributed by atoms with Crippen molar-refractivity contribution in [1.29, 1.82) is 0 Å². The third-order valence-electron chi connectivity index (χ3n) is 6.27. The molecule has 0 unspecified atom stereocenters. The maximum absolute atomic E-state index is 5.87. The molecular weight excluding hydrogens is 432 g/mol. The molecule has 1 aliphatic heterocycles. The summed E-state index contributed by atoms with van der Waals surface area (Å²) in [7, 11) is 1.69. The van der Waals surface area contributed by atoms with Gasteiger partial charge in [0.05, 0.1) is 43.4 Å². The molecule has 7 heteroatoms. The number of methoxy groups -OCH3 is 1. The Hall–Kier alpha value is -3.58. The van der Waals surface area contributed by atoms with Gasteiger partial charge >= 0.3 is 0 Å². The van der Waals surface area contributed by atoms with Gasteiger partial charge in [-0.25, -0.2) is 0 Å². The number of thiocarbonyl (C=S) groups is 1. The van der Waals surface area contributed by atoms with Crippen molar-refractivity contribution in [2.24, 2.45) is 0 Å². The van der Waals surface area contributed by atoms with E-state index in [4.69, 9.17) is 21.4 Å². The maximum Gasteiger partial charge on any atom is 0.174 e. The number of rotatable bonds is 6. The lowest BCUT2D eigenvalue weighted by Gasteiger charge is -2.29. The van der Waals surface area contributed by atoms with Crippen LogP contribution >= 0.6 is 12.2 Å². The smallest absolute Gasteiger partial charge is 0.174 e. The third kappa shape index (κ3) is 3.78. The topological polar surface area (TPSA) is 55.5 Å². The Bertz CT molecular complexity index is 1270. The van der Waals surface area contributed by atoms with Gasteiger partial charge in [0.1, 0.15) is 11.5 Å². The molecule has 0 radical (unpaired) electrons. The van der Waals surface area contributed by atoms with E-state index in [1.807, 2.05) is 60.8 Å². The second-order valence-electron chi connectivity index (χ2n) is 8.16. The van der Waals surface area contributed by atoms with Gasteiger partial charge in [0.25, 0.3) is 0 Å². The molecule has 5 rings (SSSR count). The monoisotopic (exact) mass is 458 g/mol. The first-order valence-electron chi connectivity index (χ1n) is 10.9. The van der Waals surface area contributed by atoms with Crippen LogP contribution in [0, 0.1) is 13.8 Å². The Morgan fingerprint density at radius 2 is 1.91 bits per heavy atom. The molecule has 6 nitrogen and oxygen atoms in total. The zero-order valence-corrected chi connectivity index (χ0v) is 19.7. The molecule has 0 aliphatic carbocycles. The fraction of sp³-hybridized carbons (Fsp3) is 0.231. The number of para-hydroxylation sites is 2. The van der Waals surface area contributed by atoms with Gasteiger partial charge in [0.2, 0.25) is 0 Å². The van der Waals surface area contributed by atoms with Crippen LogP contribution in [0.25, 0.3) is 0 Å².